The third-order valence-electron chi connectivity index (χ3n) is 2.63. The van der Waals surface area contributed by atoms with E-state index in [0.29, 0.717) is 6.54 Å². The standard InChI is InChI=1S/C13H12N4O/c14-13-16-11-6-2-1-5-10(11)12(17-13)15-8-9-4-3-7-18-9/h1-7H,8H2,(H3,14,15,16,17). The fraction of sp³-hybridized carbons (Fsp3) is 0.0769. The molecule has 0 amide bonds. The second-order valence-corrected chi connectivity index (χ2v) is 3.88. The number of anilines is 2. The number of hydrogen-bond donors (Lipinski definition) is 2. The number of para-hydroxylation sites is 1. The molecule has 0 saturated heterocycles. The average molecular weight is 240 g/mol. The Kier molecular flexibility index (Phi) is 2.57. The van der Waals surface area contributed by atoms with Gasteiger partial charge in [0.2, 0.25) is 5.95 Å². The first kappa shape index (κ1) is 10.6. The molecule has 0 unspecified atom stereocenters. The van der Waals surface area contributed by atoms with Crippen molar-refractivity contribution in [2.75, 3.05) is 11.1 Å². The first-order valence-electron chi connectivity index (χ1n) is 5.61. The van der Waals surface area contributed by atoms with E-state index in [4.69, 9.17) is 10.2 Å². The van der Waals surface area contributed by atoms with Crippen LogP contribution in [0.2, 0.25) is 0 Å². The van der Waals surface area contributed by atoms with Crippen LogP contribution in [0.1, 0.15) is 5.76 Å². The highest BCUT2D eigenvalue weighted by atomic mass is 16.3. The predicted molar refractivity (Wildman–Crippen MR) is 70.0 cm³/mol. The second kappa shape index (κ2) is 4.37. The Morgan fingerprint density at radius 3 is 2.83 bits per heavy atom. The SMILES string of the molecule is Nc1nc(NCc2ccco2)c2ccccc2n1. The lowest BCUT2D eigenvalue weighted by Crippen LogP contribution is -2.04. The van der Waals surface area contributed by atoms with E-state index in [2.05, 4.69) is 15.3 Å². The van der Waals surface area contributed by atoms with Crippen molar-refractivity contribution in [3.05, 3.63) is 48.4 Å². The van der Waals surface area contributed by atoms with Gasteiger partial charge < -0.3 is 15.5 Å². The van der Waals surface area contributed by atoms with E-state index in [1.54, 1.807) is 6.26 Å². The van der Waals surface area contributed by atoms with Gasteiger partial charge in [-0.25, -0.2) is 4.98 Å². The Bertz CT molecular complexity index is 664. The van der Waals surface area contributed by atoms with Crippen LogP contribution in [0, 0.1) is 0 Å². The van der Waals surface area contributed by atoms with Crippen LogP contribution in [0.15, 0.2) is 47.1 Å². The number of hydrogen-bond acceptors (Lipinski definition) is 5. The van der Waals surface area contributed by atoms with Crippen LogP contribution in [0.25, 0.3) is 10.9 Å². The molecule has 90 valence electrons. The molecule has 5 heteroatoms. The highest BCUT2D eigenvalue weighted by Crippen LogP contribution is 2.21. The minimum Gasteiger partial charge on any atom is -0.467 e. The van der Waals surface area contributed by atoms with E-state index < -0.39 is 0 Å². The van der Waals surface area contributed by atoms with Crippen molar-refractivity contribution < 1.29 is 4.42 Å². The monoisotopic (exact) mass is 240 g/mol. The van der Waals surface area contributed by atoms with Gasteiger partial charge in [0.25, 0.3) is 0 Å². The summed E-state index contributed by atoms with van der Waals surface area (Å²) >= 11 is 0. The molecule has 0 radical (unpaired) electrons. The molecule has 3 rings (SSSR count). The molecular formula is C13H12N4O. The molecule has 2 aromatic heterocycles. The lowest BCUT2D eigenvalue weighted by molar-refractivity contribution is 0.518. The summed E-state index contributed by atoms with van der Waals surface area (Å²) in [6.45, 7) is 0.563. The summed E-state index contributed by atoms with van der Waals surface area (Å²) < 4.78 is 5.26. The van der Waals surface area contributed by atoms with E-state index in [1.807, 2.05) is 36.4 Å². The average Bonchev–Trinajstić information content (AvgIpc) is 2.89. The molecule has 5 nitrogen and oxygen atoms in total. The van der Waals surface area contributed by atoms with Crippen LogP contribution < -0.4 is 11.1 Å². The van der Waals surface area contributed by atoms with E-state index >= 15 is 0 Å². The number of nitrogens with two attached hydrogens (primary N) is 1. The number of fused-ring (bicyclic) bond motifs is 1. The van der Waals surface area contributed by atoms with Gasteiger partial charge in [0.15, 0.2) is 0 Å². The van der Waals surface area contributed by atoms with Crippen LogP contribution in [0.4, 0.5) is 11.8 Å². The van der Waals surface area contributed by atoms with Gasteiger partial charge in [-0.3, -0.25) is 0 Å². The summed E-state index contributed by atoms with van der Waals surface area (Å²) in [5.41, 5.74) is 6.51. The third kappa shape index (κ3) is 1.98. The van der Waals surface area contributed by atoms with E-state index in [-0.39, 0.29) is 5.95 Å². The van der Waals surface area contributed by atoms with Gasteiger partial charge >= 0.3 is 0 Å². The lowest BCUT2D eigenvalue weighted by Gasteiger charge is -2.07. The number of rotatable bonds is 3. The molecule has 18 heavy (non-hydrogen) atoms. The van der Waals surface area contributed by atoms with Crippen molar-refractivity contribution in [3.8, 4) is 0 Å². The van der Waals surface area contributed by atoms with E-state index in [1.165, 1.54) is 0 Å². The molecule has 0 atom stereocenters. The van der Waals surface area contributed by atoms with E-state index in [0.717, 1.165) is 22.5 Å². The maximum absolute atomic E-state index is 5.69. The maximum atomic E-state index is 5.69. The van der Waals surface area contributed by atoms with Gasteiger partial charge in [-0.1, -0.05) is 12.1 Å². The summed E-state index contributed by atoms with van der Waals surface area (Å²) in [5, 5.41) is 4.15. The molecular weight excluding hydrogens is 228 g/mol. The van der Waals surface area contributed by atoms with Crippen molar-refractivity contribution in [2.24, 2.45) is 0 Å². The normalized spacial score (nSPS) is 10.7. The summed E-state index contributed by atoms with van der Waals surface area (Å²) in [6, 6.07) is 11.5. The molecule has 0 spiro atoms. The molecule has 0 aliphatic heterocycles. The largest absolute Gasteiger partial charge is 0.467 e. The molecule has 0 bridgehead atoms. The quantitative estimate of drug-likeness (QED) is 0.735. The fourth-order valence-electron chi connectivity index (χ4n) is 1.81. The highest BCUT2D eigenvalue weighted by molar-refractivity contribution is 5.89. The van der Waals surface area contributed by atoms with Crippen LogP contribution in [-0.2, 0) is 6.54 Å². The number of nitrogen functional groups attached to an aromatic ring is 1. The van der Waals surface area contributed by atoms with Crippen LogP contribution in [0.5, 0.6) is 0 Å². The first-order chi connectivity index (χ1) is 8.83. The Balaban J connectivity index is 1.95. The topological polar surface area (TPSA) is 77.0 Å². The molecule has 0 aliphatic carbocycles. The van der Waals surface area contributed by atoms with Crippen molar-refractivity contribution >= 4 is 22.7 Å². The van der Waals surface area contributed by atoms with Crippen molar-refractivity contribution in [1.82, 2.24) is 9.97 Å². The van der Waals surface area contributed by atoms with E-state index in [9.17, 15) is 0 Å². The summed E-state index contributed by atoms with van der Waals surface area (Å²) in [7, 11) is 0. The molecule has 0 aliphatic rings. The van der Waals surface area contributed by atoms with Gasteiger partial charge in [0.05, 0.1) is 18.3 Å². The second-order valence-electron chi connectivity index (χ2n) is 3.88. The minimum atomic E-state index is 0.260. The minimum absolute atomic E-state index is 0.260. The number of aromatic nitrogens is 2. The Morgan fingerprint density at radius 1 is 1.11 bits per heavy atom. The zero-order chi connectivity index (χ0) is 12.4. The van der Waals surface area contributed by atoms with Gasteiger partial charge in [-0.05, 0) is 24.3 Å². The Morgan fingerprint density at radius 2 is 2.00 bits per heavy atom. The Labute approximate surface area is 104 Å². The zero-order valence-corrected chi connectivity index (χ0v) is 9.63. The zero-order valence-electron chi connectivity index (χ0n) is 9.63. The van der Waals surface area contributed by atoms with Crippen LogP contribution in [-0.4, -0.2) is 9.97 Å². The summed E-state index contributed by atoms with van der Waals surface area (Å²) in [6.07, 6.45) is 1.64. The number of nitrogens with zero attached hydrogens (tertiary/aromatic N) is 2. The van der Waals surface area contributed by atoms with Crippen molar-refractivity contribution in [2.45, 2.75) is 6.54 Å². The third-order valence-corrected chi connectivity index (χ3v) is 2.63. The summed E-state index contributed by atoms with van der Waals surface area (Å²) in [5.74, 6) is 1.82. The smallest absolute Gasteiger partial charge is 0.222 e. The fourth-order valence-corrected chi connectivity index (χ4v) is 1.81. The lowest BCUT2D eigenvalue weighted by atomic mass is 10.2. The molecule has 3 aromatic rings. The predicted octanol–water partition coefficient (Wildman–Crippen LogP) is 2.42. The summed E-state index contributed by atoms with van der Waals surface area (Å²) in [4.78, 5) is 8.40. The first-order valence-corrected chi connectivity index (χ1v) is 5.61. The van der Waals surface area contributed by atoms with Gasteiger partial charge in [0.1, 0.15) is 11.6 Å². The highest BCUT2D eigenvalue weighted by Gasteiger charge is 2.05. The van der Waals surface area contributed by atoms with Crippen LogP contribution >= 0.6 is 0 Å². The van der Waals surface area contributed by atoms with Crippen molar-refractivity contribution in [3.63, 3.8) is 0 Å². The van der Waals surface area contributed by atoms with Gasteiger partial charge in [0, 0.05) is 5.39 Å². The van der Waals surface area contributed by atoms with Crippen LogP contribution in [0.3, 0.4) is 0 Å². The molecule has 1 aromatic carbocycles. The van der Waals surface area contributed by atoms with Gasteiger partial charge in [-0.15, -0.1) is 0 Å². The molecule has 3 N–H and O–H groups in total. The van der Waals surface area contributed by atoms with Gasteiger partial charge in [-0.2, -0.15) is 4.98 Å². The number of benzene rings is 1. The number of nitrogens with one attached hydrogen (secondary N) is 1. The molecule has 0 fully saturated rings. The molecule has 0 saturated carbocycles. The maximum Gasteiger partial charge on any atom is 0.222 e. The number of furan rings is 1. The Hall–Kier alpha value is -2.56. The van der Waals surface area contributed by atoms with Crippen molar-refractivity contribution in [1.29, 1.82) is 0 Å². The molecule has 2 heterocycles.